The van der Waals surface area contributed by atoms with E-state index in [2.05, 4.69) is 31.2 Å². The van der Waals surface area contributed by atoms with E-state index in [-0.39, 0.29) is 11.5 Å². The van der Waals surface area contributed by atoms with Gasteiger partial charge in [-0.05, 0) is 34.1 Å². The number of nitrogens with two attached hydrogens (primary N) is 1. The number of nitriles is 1. The molecule has 0 atom stereocenters. The van der Waals surface area contributed by atoms with Gasteiger partial charge in [-0.15, -0.1) is 0 Å². The highest BCUT2D eigenvalue weighted by atomic mass is 79.9. The topological polar surface area (TPSA) is 87.6 Å². The van der Waals surface area contributed by atoms with Crippen LogP contribution in [0.2, 0.25) is 0 Å². The first kappa shape index (κ1) is 12.3. The maximum atomic E-state index is 13.0. The first-order valence-electron chi connectivity index (χ1n) is 4.85. The summed E-state index contributed by atoms with van der Waals surface area (Å²) in [7, 11) is 0. The van der Waals surface area contributed by atoms with E-state index in [0.717, 1.165) is 6.07 Å². The zero-order valence-corrected chi connectivity index (χ0v) is 10.6. The fourth-order valence-corrected chi connectivity index (χ4v) is 1.60. The summed E-state index contributed by atoms with van der Waals surface area (Å²) in [5.74, 6) is 0.0327. The van der Waals surface area contributed by atoms with Gasteiger partial charge in [-0.25, -0.2) is 9.37 Å². The van der Waals surface area contributed by atoms with E-state index >= 15 is 0 Å². The van der Waals surface area contributed by atoms with Crippen LogP contribution in [0.3, 0.4) is 0 Å². The zero-order valence-electron chi connectivity index (χ0n) is 8.98. The molecule has 0 bridgehead atoms. The molecule has 0 aliphatic carbocycles. The number of nitrogens with one attached hydrogen (secondary N) is 1. The second kappa shape index (κ2) is 4.98. The molecule has 0 unspecified atom stereocenters. The molecule has 0 aliphatic rings. The summed E-state index contributed by atoms with van der Waals surface area (Å²) in [5.41, 5.74) is 6.09. The smallest absolute Gasteiger partial charge is 0.222 e. The lowest BCUT2D eigenvalue weighted by molar-refractivity contribution is 0.627. The quantitative estimate of drug-likeness (QED) is 0.890. The van der Waals surface area contributed by atoms with E-state index in [1.165, 1.54) is 18.3 Å². The van der Waals surface area contributed by atoms with E-state index in [4.69, 9.17) is 11.0 Å². The van der Waals surface area contributed by atoms with E-state index in [9.17, 15) is 4.39 Å². The van der Waals surface area contributed by atoms with Crippen molar-refractivity contribution in [2.24, 2.45) is 0 Å². The van der Waals surface area contributed by atoms with E-state index in [0.29, 0.717) is 16.0 Å². The lowest BCUT2D eigenvalue weighted by Gasteiger charge is -2.09. The lowest BCUT2D eigenvalue weighted by Crippen LogP contribution is -2.01. The number of hydrogen-bond donors (Lipinski definition) is 2. The molecular formula is C11H7BrFN5. The Balaban J connectivity index is 2.40. The first-order valence-corrected chi connectivity index (χ1v) is 5.64. The van der Waals surface area contributed by atoms with Gasteiger partial charge in [-0.3, -0.25) is 0 Å². The van der Waals surface area contributed by atoms with Gasteiger partial charge in [0.05, 0.1) is 15.7 Å². The van der Waals surface area contributed by atoms with E-state index in [1.807, 2.05) is 6.07 Å². The van der Waals surface area contributed by atoms with Crippen LogP contribution in [0.4, 0.5) is 21.8 Å². The summed E-state index contributed by atoms with van der Waals surface area (Å²) in [6, 6.07) is 5.75. The third-order valence-corrected chi connectivity index (χ3v) is 2.70. The Morgan fingerprint density at radius 3 is 2.94 bits per heavy atom. The van der Waals surface area contributed by atoms with E-state index in [1.54, 1.807) is 0 Å². The maximum absolute atomic E-state index is 13.0. The SMILES string of the molecule is N#Cc1cc(F)ccc1Nc1nc(N)ncc1Br. The fourth-order valence-electron chi connectivity index (χ4n) is 1.31. The molecule has 1 heterocycles. The highest BCUT2D eigenvalue weighted by Crippen LogP contribution is 2.25. The van der Waals surface area contributed by atoms with Crippen LogP contribution in [0.25, 0.3) is 0 Å². The number of anilines is 3. The molecular weight excluding hydrogens is 301 g/mol. The summed E-state index contributed by atoms with van der Waals surface area (Å²) >= 11 is 3.25. The molecule has 2 rings (SSSR count). The van der Waals surface area contributed by atoms with Crippen LogP contribution in [0, 0.1) is 17.1 Å². The van der Waals surface area contributed by atoms with Gasteiger partial charge in [-0.2, -0.15) is 10.2 Å². The van der Waals surface area contributed by atoms with Gasteiger partial charge < -0.3 is 11.1 Å². The molecule has 2 aromatic rings. The third kappa shape index (κ3) is 2.55. The molecule has 3 N–H and O–H groups in total. The summed E-state index contributed by atoms with van der Waals surface area (Å²) in [6.45, 7) is 0. The second-order valence-electron chi connectivity index (χ2n) is 3.35. The van der Waals surface area contributed by atoms with Crippen LogP contribution in [0.1, 0.15) is 5.56 Å². The van der Waals surface area contributed by atoms with Crippen LogP contribution >= 0.6 is 15.9 Å². The normalized spacial score (nSPS) is 9.83. The van der Waals surface area contributed by atoms with Gasteiger partial charge >= 0.3 is 0 Å². The lowest BCUT2D eigenvalue weighted by atomic mass is 10.2. The van der Waals surface area contributed by atoms with Gasteiger partial charge in [0.1, 0.15) is 17.7 Å². The van der Waals surface area contributed by atoms with Crippen molar-refractivity contribution >= 4 is 33.4 Å². The van der Waals surface area contributed by atoms with Crippen LogP contribution in [0.5, 0.6) is 0 Å². The molecule has 0 amide bonds. The fraction of sp³-hybridized carbons (Fsp3) is 0. The number of halogens is 2. The van der Waals surface area contributed by atoms with Crippen molar-refractivity contribution in [3.05, 3.63) is 40.2 Å². The molecule has 0 saturated heterocycles. The van der Waals surface area contributed by atoms with Crippen LogP contribution in [0.15, 0.2) is 28.9 Å². The predicted octanol–water partition coefficient (Wildman–Crippen LogP) is 2.58. The predicted molar refractivity (Wildman–Crippen MR) is 68.5 cm³/mol. The van der Waals surface area contributed by atoms with Crippen molar-refractivity contribution in [1.82, 2.24) is 9.97 Å². The van der Waals surface area contributed by atoms with Crippen LogP contribution < -0.4 is 11.1 Å². The summed E-state index contributed by atoms with van der Waals surface area (Å²) in [5, 5.41) is 11.8. The minimum Gasteiger partial charge on any atom is -0.368 e. The van der Waals surface area contributed by atoms with Gasteiger partial charge in [0.15, 0.2) is 0 Å². The number of hydrogen-bond acceptors (Lipinski definition) is 5. The molecule has 0 radical (unpaired) electrons. The summed E-state index contributed by atoms with van der Waals surface area (Å²) in [4.78, 5) is 7.76. The average Bonchev–Trinajstić information content (AvgIpc) is 2.36. The van der Waals surface area contributed by atoms with Crippen molar-refractivity contribution in [3.63, 3.8) is 0 Å². The molecule has 0 aliphatic heterocycles. The van der Waals surface area contributed by atoms with Gasteiger partial charge in [-0.1, -0.05) is 0 Å². The molecule has 90 valence electrons. The zero-order chi connectivity index (χ0) is 13.1. The van der Waals surface area contributed by atoms with Crippen molar-refractivity contribution in [3.8, 4) is 6.07 Å². The van der Waals surface area contributed by atoms with E-state index < -0.39 is 5.82 Å². The van der Waals surface area contributed by atoms with Gasteiger partial charge in [0.25, 0.3) is 0 Å². The van der Waals surface area contributed by atoms with Gasteiger partial charge in [0, 0.05) is 6.20 Å². The number of benzene rings is 1. The van der Waals surface area contributed by atoms with Crippen molar-refractivity contribution < 1.29 is 4.39 Å². The number of nitrogen functional groups attached to an aromatic ring is 1. The summed E-state index contributed by atoms with van der Waals surface area (Å²) < 4.78 is 13.6. The molecule has 0 saturated carbocycles. The Morgan fingerprint density at radius 1 is 1.44 bits per heavy atom. The first-order chi connectivity index (χ1) is 8.60. The maximum Gasteiger partial charge on any atom is 0.222 e. The second-order valence-corrected chi connectivity index (χ2v) is 4.21. The largest absolute Gasteiger partial charge is 0.368 e. The monoisotopic (exact) mass is 307 g/mol. The van der Waals surface area contributed by atoms with Gasteiger partial charge in [0.2, 0.25) is 5.95 Å². The molecule has 1 aromatic carbocycles. The molecule has 1 aromatic heterocycles. The molecule has 0 fully saturated rings. The molecule has 5 nitrogen and oxygen atoms in total. The Bertz CT molecular complexity index is 638. The minimum absolute atomic E-state index is 0.0984. The number of nitrogens with zero attached hydrogens (tertiary/aromatic N) is 3. The Morgan fingerprint density at radius 2 is 2.22 bits per heavy atom. The Labute approximate surface area is 111 Å². The highest BCUT2D eigenvalue weighted by Gasteiger charge is 2.08. The van der Waals surface area contributed by atoms with Crippen LogP contribution in [-0.2, 0) is 0 Å². The average molecular weight is 308 g/mol. The van der Waals surface area contributed by atoms with Crippen molar-refractivity contribution in [1.29, 1.82) is 5.26 Å². The Kier molecular flexibility index (Phi) is 3.39. The summed E-state index contributed by atoms with van der Waals surface area (Å²) in [6.07, 6.45) is 1.49. The van der Waals surface area contributed by atoms with Crippen LogP contribution in [-0.4, -0.2) is 9.97 Å². The van der Waals surface area contributed by atoms with Crippen molar-refractivity contribution in [2.75, 3.05) is 11.1 Å². The molecule has 7 heteroatoms. The number of aromatic nitrogens is 2. The molecule has 18 heavy (non-hydrogen) atoms. The van der Waals surface area contributed by atoms with Crippen molar-refractivity contribution in [2.45, 2.75) is 0 Å². The third-order valence-electron chi connectivity index (χ3n) is 2.12. The standard InChI is InChI=1S/C11H7BrFN5/c12-8-5-16-11(15)18-10(8)17-9-2-1-7(13)3-6(9)4-14/h1-3,5H,(H3,15,16,17,18). The number of rotatable bonds is 2. The minimum atomic E-state index is -0.474. The molecule has 0 spiro atoms. The Hall–Kier alpha value is -2.20. The highest BCUT2D eigenvalue weighted by molar-refractivity contribution is 9.10.